The quantitative estimate of drug-likeness (QED) is 0.648. The first-order valence-electron chi connectivity index (χ1n) is 6.07. The number of benzene rings is 2. The number of ether oxygens (including phenoxy) is 1. The molecule has 2 rings (SSSR count). The van der Waals surface area contributed by atoms with E-state index in [0.29, 0.717) is 17.1 Å². The molecule has 0 atom stereocenters. The zero-order chi connectivity index (χ0) is 15.4. The van der Waals surface area contributed by atoms with Gasteiger partial charge in [-0.05, 0) is 74.4 Å². The van der Waals surface area contributed by atoms with E-state index in [1.54, 1.807) is 19.2 Å². The van der Waals surface area contributed by atoms with Crippen LogP contribution in [0.3, 0.4) is 0 Å². The van der Waals surface area contributed by atoms with Crippen molar-refractivity contribution in [2.24, 2.45) is 0 Å². The number of rotatable bonds is 4. The number of carbonyl (C=O) groups excluding carboxylic acids is 1. The van der Waals surface area contributed by atoms with Crippen LogP contribution >= 0.6 is 50.1 Å². The molecule has 21 heavy (non-hydrogen) atoms. The summed E-state index contributed by atoms with van der Waals surface area (Å²) in [5, 5.41) is 3.43. The summed E-state index contributed by atoms with van der Waals surface area (Å²) in [7, 11) is 1.61. The SMILES string of the molecule is COc1ccc(CNC(=O)c2cc(Cl)ccc2I)cc1Br. The Bertz CT molecular complexity index is 679. The van der Waals surface area contributed by atoms with Gasteiger partial charge in [-0.25, -0.2) is 0 Å². The summed E-state index contributed by atoms with van der Waals surface area (Å²) in [5.41, 5.74) is 1.56. The average molecular weight is 481 g/mol. The lowest BCUT2D eigenvalue weighted by molar-refractivity contribution is 0.0950. The summed E-state index contributed by atoms with van der Waals surface area (Å²) in [6.45, 7) is 0.435. The monoisotopic (exact) mass is 479 g/mol. The smallest absolute Gasteiger partial charge is 0.252 e. The molecule has 1 amide bonds. The molecule has 0 saturated heterocycles. The lowest BCUT2D eigenvalue weighted by Gasteiger charge is -2.09. The van der Waals surface area contributed by atoms with Gasteiger partial charge in [0.25, 0.3) is 5.91 Å². The van der Waals surface area contributed by atoms with Crippen molar-refractivity contribution in [2.45, 2.75) is 6.54 Å². The summed E-state index contributed by atoms with van der Waals surface area (Å²) in [5.74, 6) is 0.614. The standard InChI is InChI=1S/C15H12BrClINO2/c1-21-14-5-2-9(6-12(14)16)8-19-15(20)11-7-10(17)3-4-13(11)18/h2-7H,8H2,1H3,(H,19,20). The Kier molecular flexibility index (Phi) is 5.89. The van der Waals surface area contributed by atoms with Crippen LogP contribution in [0.25, 0.3) is 0 Å². The third-order valence-electron chi connectivity index (χ3n) is 2.84. The first kappa shape index (κ1) is 16.6. The lowest BCUT2D eigenvalue weighted by Crippen LogP contribution is -2.23. The molecule has 0 radical (unpaired) electrons. The van der Waals surface area contributed by atoms with E-state index in [1.807, 2.05) is 24.3 Å². The van der Waals surface area contributed by atoms with Gasteiger partial charge in [0.05, 0.1) is 17.1 Å². The number of halogens is 3. The molecular formula is C15H12BrClINO2. The molecule has 0 heterocycles. The highest BCUT2D eigenvalue weighted by atomic mass is 127. The van der Waals surface area contributed by atoms with Crippen LogP contribution in [0.5, 0.6) is 5.75 Å². The van der Waals surface area contributed by atoms with E-state index in [4.69, 9.17) is 16.3 Å². The highest BCUT2D eigenvalue weighted by Crippen LogP contribution is 2.25. The zero-order valence-electron chi connectivity index (χ0n) is 11.1. The molecule has 1 N–H and O–H groups in total. The van der Waals surface area contributed by atoms with Gasteiger partial charge in [-0.15, -0.1) is 0 Å². The zero-order valence-corrected chi connectivity index (χ0v) is 15.6. The van der Waals surface area contributed by atoms with Crippen LogP contribution in [-0.4, -0.2) is 13.0 Å². The van der Waals surface area contributed by atoms with Gasteiger partial charge in [-0.3, -0.25) is 4.79 Å². The van der Waals surface area contributed by atoms with Crippen LogP contribution in [-0.2, 0) is 6.54 Å². The third-order valence-corrected chi connectivity index (χ3v) is 4.64. The van der Waals surface area contributed by atoms with E-state index in [-0.39, 0.29) is 5.91 Å². The van der Waals surface area contributed by atoms with Crippen molar-refractivity contribution in [1.29, 1.82) is 0 Å². The minimum Gasteiger partial charge on any atom is -0.496 e. The van der Waals surface area contributed by atoms with Gasteiger partial charge in [0, 0.05) is 15.1 Å². The molecule has 0 fully saturated rings. The summed E-state index contributed by atoms with van der Waals surface area (Å²) in [4.78, 5) is 12.2. The first-order valence-corrected chi connectivity index (χ1v) is 8.32. The van der Waals surface area contributed by atoms with Gasteiger partial charge in [0.2, 0.25) is 0 Å². The van der Waals surface area contributed by atoms with Crippen LogP contribution in [0.15, 0.2) is 40.9 Å². The van der Waals surface area contributed by atoms with Gasteiger partial charge in [0.1, 0.15) is 5.75 Å². The number of hydrogen-bond acceptors (Lipinski definition) is 2. The van der Waals surface area contributed by atoms with E-state index in [2.05, 4.69) is 43.8 Å². The van der Waals surface area contributed by atoms with Crippen molar-refractivity contribution < 1.29 is 9.53 Å². The highest BCUT2D eigenvalue weighted by molar-refractivity contribution is 14.1. The Morgan fingerprint density at radius 2 is 2.10 bits per heavy atom. The molecule has 0 aliphatic rings. The van der Waals surface area contributed by atoms with Crippen LogP contribution in [0.2, 0.25) is 5.02 Å². The average Bonchev–Trinajstić information content (AvgIpc) is 2.47. The van der Waals surface area contributed by atoms with E-state index >= 15 is 0 Å². The predicted octanol–water partition coefficient (Wildman–Crippen LogP) is 4.65. The van der Waals surface area contributed by atoms with Crippen molar-refractivity contribution in [1.82, 2.24) is 5.32 Å². The van der Waals surface area contributed by atoms with E-state index in [1.165, 1.54) is 0 Å². The topological polar surface area (TPSA) is 38.3 Å². The van der Waals surface area contributed by atoms with Crippen molar-refractivity contribution >= 4 is 56.0 Å². The highest BCUT2D eigenvalue weighted by Gasteiger charge is 2.10. The maximum absolute atomic E-state index is 12.2. The molecule has 0 aliphatic carbocycles. The van der Waals surface area contributed by atoms with E-state index < -0.39 is 0 Å². The van der Waals surface area contributed by atoms with Crippen molar-refractivity contribution in [3.63, 3.8) is 0 Å². The molecule has 0 spiro atoms. The van der Waals surface area contributed by atoms with E-state index in [0.717, 1.165) is 19.4 Å². The maximum Gasteiger partial charge on any atom is 0.252 e. The Labute approximate surface area is 150 Å². The molecule has 110 valence electrons. The van der Waals surface area contributed by atoms with E-state index in [9.17, 15) is 4.79 Å². The largest absolute Gasteiger partial charge is 0.496 e. The van der Waals surface area contributed by atoms with Gasteiger partial charge < -0.3 is 10.1 Å². The van der Waals surface area contributed by atoms with Gasteiger partial charge in [-0.1, -0.05) is 17.7 Å². The Balaban J connectivity index is 2.07. The molecule has 2 aromatic rings. The number of methoxy groups -OCH3 is 1. The molecule has 0 bridgehead atoms. The molecule has 6 heteroatoms. The molecule has 2 aromatic carbocycles. The molecule has 0 aliphatic heterocycles. The van der Waals surface area contributed by atoms with Crippen molar-refractivity contribution in [3.8, 4) is 5.75 Å². The second-order valence-corrected chi connectivity index (χ2v) is 6.73. The Morgan fingerprint density at radius 1 is 1.33 bits per heavy atom. The van der Waals surface area contributed by atoms with Crippen LogP contribution in [0.4, 0.5) is 0 Å². The molecule has 0 aromatic heterocycles. The second kappa shape index (κ2) is 7.47. The van der Waals surface area contributed by atoms with Gasteiger partial charge >= 0.3 is 0 Å². The summed E-state index contributed by atoms with van der Waals surface area (Å²) in [6, 6.07) is 10.9. The summed E-state index contributed by atoms with van der Waals surface area (Å²) < 4.78 is 6.90. The molecule has 0 unspecified atom stereocenters. The molecular weight excluding hydrogens is 468 g/mol. The van der Waals surface area contributed by atoms with Crippen molar-refractivity contribution in [2.75, 3.05) is 7.11 Å². The first-order chi connectivity index (χ1) is 10.0. The number of amides is 1. The summed E-state index contributed by atoms with van der Waals surface area (Å²) >= 11 is 11.5. The normalized spacial score (nSPS) is 10.3. The Hall–Kier alpha value is -0.790. The van der Waals surface area contributed by atoms with Crippen LogP contribution in [0, 0.1) is 3.57 Å². The predicted molar refractivity (Wildman–Crippen MR) is 96.0 cm³/mol. The third kappa shape index (κ3) is 4.34. The lowest BCUT2D eigenvalue weighted by atomic mass is 10.2. The minimum absolute atomic E-state index is 0.145. The number of nitrogens with one attached hydrogen (secondary N) is 1. The molecule has 3 nitrogen and oxygen atoms in total. The Morgan fingerprint density at radius 3 is 2.76 bits per heavy atom. The van der Waals surface area contributed by atoms with Gasteiger partial charge in [-0.2, -0.15) is 0 Å². The summed E-state index contributed by atoms with van der Waals surface area (Å²) in [6.07, 6.45) is 0. The number of hydrogen-bond donors (Lipinski definition) is 1. The van der Waals surface area contributed by atoms with Crippen LogP contribution in [0.1, 0.15) is 15.9 Å². The van der Waals surface area contributed by atoms with Gasteiger partial charge in [0.15, 0.2) is 0 Å². The maximum atomic E-state index is 12.2. The number of carbonyl (C=O) groups is 1. The fraction of sp³-hybridized carbons (Fsp3) is 0.133. The van der Waals surface area contributed by atoms with Crippen molar-refractivity contribution in [3.05, 3.63) is 60.6 Å². The molecule has 0 saturated carbocycles. The fourth-order valence-electron chi connectivity index (χ4n) is 1.77. The van der Waals surface area contributed by atoms with Crippen LogP contribution < -0.4 is 10.1 Å². The second-order valence-electron chi connectivity index (χ2n) is 4.28. The minimum atomic E-state index is -0.145. The fourth-order valence-corrected chi connectivity index (χ4v) is 3.11.